The second-order valence-corrected chi connectivity index (χ2v) is 5.37. The van der Waals surface area contributed by atoms with E-state index in [1.54, 1.807) is 18.5 Å². The Hall–Kier alpha value is -3.06. The van der Waals surface area contributed by atoms with Crippen LogP contribution in [-0.4, -0.2) is 29.2 Å². The van der Waals surface area contributed by atoms with Gasteiger partial charge in [0.15, 0.2) is 11.5 Å². The molecule has 0 saturated heterocycles. The van der Waals surface area contributed by atoms with Gasteiger partial charge in [-0.2, -0.15) is 0 Å². The molecule has 7 nitrogen and oxygen atoms in total. The maximum Gasteiger partial charge on any atom is 0.308 e. The Labute approximate surface area is 145 Å². The lowest BCUT2D eigenvalue weighted by Gasteiger charge is -2.11. The fraction of sp³-hybridized carbons (Fsp3) is 0.222. The molecule has 0 bridgehead atoms. The lowest BCUT2D eigenvalue weighted by molar-refractivity contribution is -0.131. The van der Waals surface area contributed by atoms with Gasteiger partial charge in [-0.05, 0) is 29.8 Å². The summed E-state index contributed by atoms with van der Waals surface area (Å²) in [5.41, 5.74) is 1.65. The summed E-state index contributed by atoms with van der Waals surface area (Å²) >= 11 is 0. The van der Waals surface area contributed by atoms with E-state index >= 15 is 0 Å². The van der Waals surface area contributed by atoms with Gasteiger partial charge in [-0.25, -0.2) is 0 Å². The molecular weight excluding hydrogens is 322 g/mol. The van der Waals surface area contributed by atoms with Crippen molar-refractivity contribution < 1.29 is 19.1 Å². The summed E-state index contributed by atoms with van der Waals surface area (Å²) < 4.78 is 5.03. The predicted octanol–water partition coefficient (Wildman–Crippen LogP) is 1.94. The van der Waals surface area contributed by atoms with E-state index in [1.807, 2.05) is 12.1 Å². The van der Waals surface area contributed by atoms with Crippen molar-refractivity contribution in [1.82, 2.24) is 10.3 Å². The normalized spacial score (nSPS) is 10.2. The Kier molecular flexibility index (Phi) is 6.36. The highest BCUT2D eigenvalue weighted by molar-refractivity contribution is 6.00. The largest absolute Gasteiger partial charge is 0.424 e. The molecule has 25 heavy (non-hydrogen) atoms. The van der Waals surface area contributed by atoms with Crippen LogP contribution in [0.25, 0.3) is 0 Å². The van der Waals surface area contributed by atoms with Crippen LogP contribution >= 0.6 is 0 Å². The first-order valence-corrected chi connectivity index (χ1v) is 7.68. The Balaban J connectivity index is 2.05. The fourth-order valence-corrected chi connectivity index (χ4v) is 2.16. The Morgan fingerprint density at radius 2 is 1.96 bits per heavy atom. The molecule has 7 heteroatoms. The van der Waals surface area contributed by atoms with Crippen LogP contribution in [0.4, 0.5) is 5.69 Å². The molecule has 2 aromatic rings. The smallest absolute Gasteiger partial charge is 0.308 e. The second-order valence-electron chi connectivity index (χ2n) is 5.37. The van der Waals surface area contributed by atoms with E-state index in [0.717, 1.165) is 5.56 Å². The molecule has 130 valence electrons. The number of esters is 1. The molecule has 1 heterocycles. The van der Waals surface area contributed by atoms with E-state index in [-0.39, 0.29) is 29.7 Å². The molecule has 2 rings (SSSR count). The summed E-state index contributed by atoms with van der Waals surface area (Å²) in [5.74, 6) is -0.788. The van der Waals surface area contributed by atoms with Gasteiger partial charge >= 0.3 is 5.97 Å². The topological polar surface area (TPSA) is 97.4 Å². The number of anilines is 1. The summed E-state index contributed by atoms with van der Waals surface area (Å²) in [4.78, 5) is 38.7. The third-order valence-corrected chi connectivity index (χ3v) is 3.20. The van der Waals surface area contributed by atoms with Crippen molar-refractivity contribution in [2.75, 3.05) is 11.9 Å². The van der Waals surface area contributed by atoms with Gasteiger partial charge in [0.2, 0.25) is 5.91 Å². The third kappa shape index (κ3) is 5.82. The van der Waals surface area contributed by atoms with Gasteiger partial charge in [-0.1, -0.05) is 6.07 Å². The van der Waals surface area contributed by atoms with Crippen LogP contribution in [0.1, 0.15) is 29.8 Å². The Morgan fingerprint density at radius 1 is 1.16 bits per heavy atom. The van der Waals surface area contributed by atoms with Crippen LogP contribution in [0.5, 0.6) is 5.75 Å². The van der Waals surface area contributed by atoms with Gasteiger partial charge in [0.05, 0.1) is 12.2 Å². The maximum absolute atomic E-state index is 12.3. The number of hydrogen-bond acceptors (Lipinski definition) is 6. The number of pyridine rings is 1. The van der Waals surface area contributed by atoms with Crippen LogP contribution in [0.2, 0.25) is 0 Å². The highest BCUT2D eigenvalue weighted by Crippen LogP contribution is 2.26. The number of ether oxygens (including phenoxy) is 1. The zero-order valence-electron chi connectivity index (χ0n) is 14.0. The van der Waals surface area contributed by atoms with Crippen LogP contribution in [-0.2, 0) is 16.1 Å². The molecule has 0 spiro atoms. The number of amides is 1. The van der Waals surface area contributed by atoms with Gasteiger partial charge < -0.3 is 15.4 Å². The van der Waals surface area contributed by atoms with Crippen molar-refractivity contribution >= 4 is 23.3 Å². The molecule has 0 radical (unpaired) electrons. The quantitative estimate of drug-likeness (QED) is 0.454. The molecule has 0 aliphatic heterocycles. The van der Waals surface area contributed by atoms with Crippen LogP contribution in [0.3, 0.4) is 0 Å². The summed E-state index contributed by atoms with van der Waals surface area (Å²) in [6.07, 6.45) is 3.41. The van der Waals surface area contributed by atoms with Crippen LogP contribution in [0.15, 0.2) is 42.7 Å². The first kappa shape index (κ1) is 18.3. The maximum atomic E-state index is 12.3. The van der Waals surface area contributed by atoms with Crippen molar-refractivity contribution in [2.24, 2.45) is 0 Å². The van der Waals surface area contributed by atoms with Gasteiger partial charge in [-0.3, -0.25) is 19.4 Å². The lowest BCUT2D eigenvalue weighted by atomic mass is 10.1. The predicted molar refractivity (Wildman–Crippen MR) is 92.3 cm³/mol. The highest BCUT2D eigenvalue weighted by Gasteiger charge is 2.13. The summed E-state index contributed by atoms with van der Waals surface area (Å²) in [6.45, 7) is 3.24. The number of rotatable bonds is 7. The molecule has 0 unspecified atom stereocenters. The first-order valence-electron chi connectivity index (χ1n) is 7.68. The summed E-state index contributed by atoms with van der Waals surface area (Å²) in [7, 11) is 0. The van der Waals surface area contributed by atoms with E-state index < -0.39 is 5.97 Å². The monoisotopic (exact) mass is 341 g/mol. The minimum Gasteiger partial charge on any atom is -0.424 e. The summed E-state index contributed by atoms with van der Waals surface area (Å²) in [6, 6.07) is 8.27. The Morgan fingerprint density at radius 3 is 2.60 bits per heavy atom. The second kappa shape index (κ2) is 8.70. The van der Waals surface area contributed by atoms with Crippen LogP contribution < -0.4 is 15.4 Å². The minimum absolute atomic E-state index is 0.126. The number of ketones is 1. The van der Waals surface area contributed by atoms with Gasteiger partial charge in [0.25, 0.3) is 0 Å². The van der Waals surface area contributed by atoms with Crippen LogP contribution in [0, 0.1) is 0 Å². The number of carbonyl (C=O) groups is 3. The van der Waals surface area contributed by atoms with E-state index in [4.69, 9.17) is 4.74 Å². The molecule has 2 N–H and O–H groups in total. The Bertz CT molecular complexity index is 775. The van der Waals surface area contributed by atoms with E-state index in [0.29, 0.717) is 12.1 Å². The standard InChI is InChI=1S/C18H19N3O4/c1-12(22)21-16-8-15(5-6-18(16)25-13(2)23)17(24)11-20-10-14-4-3-7-19-9-14/h3-9,20H,10-11H2,1-2H3,(H,21,22). The summed E-state index contributed by atoms with van der Waals surface area (Å²) in [5, 5.41) is 5.60. The van der Waals surface area contributed by atoms with Gasteiger partial charge in [-0.15, -0.1) is 0 Å². The number of aromatic nitrogens is 1. The number of nitrogens with one attached hydrogen (secondary N) is 2. The number of benzene rings is 1. The van der Waals surface area contributed by atoms with Crippen molar-refractivity contribution in [2.45, 2.75) is 20.4 Å². The van der Waals surface area contributed by atoms with Gasteiger partial charge in [0.1, 0.15) is 0 Å². The SMILES string of the molecule is CC(=O)Nc1cc(C(=O)CNCc2cccnc2)ccc1OC(C)=O. The number of nitrogens with zero attached hydrogens (tertiary/aromatic N) is 1. The molecule has 1 aromatic carbocycles. The molecular formula is C18H19N3O4. The first-order chi connectivity index (χ1) is 12.0. The molecule has 1 aromatic heterocycles. The van der Waals surface area contributed by atoms with Crippen molar-refractivity contribution in [3.8, 4) is 5.75 Å². The van der Waals surface area contributed by atoms with E-state index in [2.05, 4.69) is 15.6 Å². The third-order valence-electron chi connectivity index (χ3n) is 3.20. The average molecular weight is 341 g/mol. The molecule has 1 amide bonds. The molecule has 0 aliphatic carbocycles. The fourth-order valence-electron chi connectivity index (χ4n) is 2.16. The highest BCUT2D eigenvalue weighted by atomic mass is 16.5. The molecule has 0 fully saturated rings. The van der Waals surface area contributed by atoms with E-state index in [1.165, 1.54) is 26.0 Å². The van der Waals surface area contributed by atoms with Crippen molar-refractivity contribution in [3.05, 3.63) is 53.9 Å². The van der Waals surface area contributed by atoms with Gasteiger partial charge in [0, 0.05) is 38.3 Å². The number of Topliss-reactive ketones (excluding diaryl/α,β-unsaturated/α-hetero) is 1. The lowest BCUT2D eigenvalue weighted by Crippen LogP contribution is -2.23. The zero-order valence-corrected chi connectivity index (χ0v) is 14.0. The molecule has 0 aliphatic rings. The minimum atomic E-state index is -0.510. The number of carbonyl (C=O) groups excluding carboxylic acids is 3. The van der Waals surface area contributed by atoms with Crippen molar-refractivity contribution in [3.63, 3.8) is 0 Å². The number of hydrogen-bond donors (Lipinski definition) is 2. The zero-order chi connectivity index (χ0) is 18.2. The van der Waals surface area contributed by atoms with Crippen molar-refractivity contribution in [1.29, 1.82) is 0 Å². The molecule has 0 saturated carbocycles. The average Bonchev–Trinajstić information content (AvgIpc) is 2.56. The molecule has 0 atom stereocenters. The van der Waals surface area contributed by atoms with E-state index in [9.17, 15) is 14.4 Å².